The molecule has 1 aromatic heterocycles. The van der Waals surface area contributed by atoms with Crippen LogP contribution in [0.3, 0.4) is 0 Å². The van der Waals surface area contributed by atoms with E-state index in [9.17, 15) is 4.39 Å². The second kappa shape index (κ2) is 4.65. The monoisotopic (exact) mass is 265 g/mol. The van der Waals surface area contributed by atoms with Gasteiger partial charge in [-0.05, 0) is 37.1 Å². The summed E-state index contributed by atoms with van der Waals surface area (Å²) < 4.78 is 19.1. The van der Waals surface area contributed by atoms with Crippen molar-refractivity contribution >= 4 is 17.3 Å². The third-order valence-electron chi connectivity index (χ3n) is 3.31. The quantitative estimate of drug-likeness (QED) is 0.861. The molecule has 1 heterocycles. The Bertz CT molecular complexity index is 567. The molecular formula is C14H13ClFNO. The molecule has 3 rings (SSSR count). The zero-order valence-corrected chi connectivity index (χ0v) is 10.5. The van der Waals surface area contributed by atoms with Crippen molar-refractivity contribution in [2.75, 3.05) is 5.32 Å². The van der Waals surface area contributed by atoms with Crippen molar-refractivity contribution < 1.29 is 8.81 Å². The van der Waals surface area contributed by atoms with Gasteiger partial charge in [0.15, 0.2) is 0 Å². The van der Waals surface area contributed by atoms with Crippen molar-refractivity contribution in [3.63, 3.8) is 0 Å². The molecule has 2 aromatic rings. The third kappa shape index (κ3) is 2.10. The first kappa shape index (κ1) is 11.6. The smallest absolute Gasteiger partial charge is 0.146 e. The minimum Gasteiger partial charge on any atom is -0.469 e. The summed E-state index contributed by atoms with van der Waals surface area (Å²) in [5.74, 6) is 0.719. The molecule has 0 radical (unpaired) electrons. The first-order chi connectivity index (χ1) is 8.74. The van der Waals surface area contributed by atoms with Crippen LogP contribution in [0.5, 0.6) is 0 Å². The fourth-order valence-electron chi connectivity index (χ4n) is 2.43. The van der Waals surface area contributed by atoms with E-state index in [-0.39, 0.29) is 11.9 Å². The van der Waals surface area contributed by atoms with Crippen LogP contribution in [0.2, 0.25) is 5.02 Å². The zero-order valence-electron chi connectivity index (χ0n) is 9.75. The van der Waals surface area contributed by atoms with Crippen molar-refractivity contribution in [3.05, 3.63) is 52.7 Å². The summed E-state index contributed by atoms with van der Waals surface area (Å²) >= 11 is 5.89. The van der Waals surface area contributed by atoms with Gasteiger partial charge in [-0.15, -0.1) is 0 Å². The standard InChI is InChI=1S/C14H13ClFNO/c15-9-4-5-11(16)13(8-9)17-12-2-1-3-14-10(12)6-7-18-14/h4-8,12,17H,1-3H2. The van der Waals surface area contributed by atoms with E-state index in [0.29, 0.717) is 10.7 Å². The van der Waals surface area contributed by atoms with Gasteiger partial charge in [-0.2, -0.15) is 0 Å². The Morgan fingerprint density at radius 2 is 2.22 bits per heavy atom. The molecule has 0 bridgehead atoms. The topological polar surface area (TPSA) is 25.2 Å². The van der Waals surface area contributed by atoms with E-state index in [1.54, 1.807) is 18.4 Å². The molecule has 1 aliphatic carbocycles. The van der Waals surface area contributed by atoms with Crippen LogP contribution in [-0.4, -0.2) is 0 Å². The molecule has 2 nitrogen and oxygen atoms in total. The average molecular weight is 266 g/mol. The van der Waals surface area contributed by atoms with E-state index in [2.05, 4.69) is 5.32 Å². The van der Waals surface area contributed by atoms with Crippen LogP contribution in [0.25, 0.3) is 0 Å². The molecule has 0 saturated heterocycles. The average Bonchev–Trinajstić information content (AvgIpc) is 2.83. The SMILES string of the molecule is Fc1ccc(Cl)cc1NC1CCCc2occc21. The predicted molar refractivity (Wildman–Crippen MR) is 69.4 cm³/mol. The molecule has 1 unspecified atom stereocenters. The Kier molecular flexibility index (Phi) is 3.00. The van der Waals surface area contributed by atoms with Crippen molar-refractivity contribution in [1.82, 2.24) is 0 Å². The van der Waals surface area contributed by atoms with Gasteiger partial charge in [0.25, 0.3) is 0 Å². The highest BCUT2D eigenvalue weighted by atomic mass is 35.5. The molecule has 0 amide bonds. The lowest BCUT2D eigenvalue weighted by molar-refractivity contribution is 0.461. The fourth-order valence-corrected chi connectivity index (χ4v) is 2.60. The van der Waals surface area contributed by atoms with Crippen molar-refractivity contribution in [3.8, 4) is 0 Å². The van der Waals surface area contributed by atoms with Gasteiger partial charge in [-0.3, -0.25) is 0 Å². The Morgan fingerprint density at radius 3 is 3.11 bits per heavy atom. The summed E-state index contributed by atoms with van der Waals surface area (Å²) in [7, 11) is 0. The molecule has 1 aromatic carbocycles. The van der Waals surface area contributed by atoms with Crippen LogP contribution in [0.15, 0.2) is 34.9 Å². The summed E-state index contributed by atoms with van der Waals surface area (Å²) in [6.07, 6.45) is 4.66. The van der Waals surface area contributed by atoms with Gasteiger partial charge in [0.2, 0.25) is 0 Å². The summed E-state index contributed by atoms with van der Waals surface area (Å²) in [6.45, 7) is 0. The molecule has 1 N–H and O–H groups in total. The van der Waals surface area contributed by atoms with E-state index in [4.69, 9.17) is 16.0 Å². The molecule has 4 heteroatoms. The largest absolute Gasteiger partial charge is 0.469 e. The number of hydrogen-bond donors (Lipinski definition) is 1. The number of anilines is 1. The van der Waals surface area contributed by atoms with E-state index in [1.807, 2.05) is 6.07 Å². The number of benzene rings is 1. The first-order valence-corrected chi connectivity index (χ1v) is 6.39. The lowest BCUT2D eigenvalue weighted by Crippen LogP contribution is -2.16. The molecular weight excluding hydrogens is 253 g/mol. The second-order valence-electron chi connectivity index (χ2n) is 4.51. The van der Waals surface area contributed by atoms with Crippen molar-refractivity contribution in [2.45, 2.75) is 25.3 Å². The normalized spacial score (nSPS) is 18.4. The zero-order chi connectivity index (χ0) is 12.5. The van der Waals surface area contributed by atoms with Gasteiger partial charge in [-0.25, -0.2) is 4.39 Å². The maximum absolute atomic E-state index is 13.7. The summed E-state index contributed by atoms with van der Waals surface area (Å²) in [6, 6.07) is 6.59. The van der Waals surface area contributed by atoms with Crippen LogP contribution in [-0.2, 0) is 6.42 Å². The highest BCUT2D eigenvalue weighted by molar-refractivity contribution is 6.30. The van der Waals surface area contributed by atoms with E-state index < -0.39 is 0 Å². The molecule has 1 aliphatic rings. The number of aryl methyl sites for hydroxylation is 1. The molecule has 18 heavy (non-hydrogen) atoms. The Balaban J connectivity index is 1.88. The highest BCUT2D eigenvalue weighted by Gasteiger charge is 2.23. The number of hydrogen-bond acceptors (Lipinski definition) is 2. The number of fused-ring (bicyclic) bond motifs is 1. The second-order valence-corrected chi connectivity index (χ2v) is 4.95. The lowest BCUT2D eigenvalue weighted by Gasteiger charge is -2.24. The van der Waals surface area contributed by atoms with Crippen LogP contribution >= 0.6 is 11.6 Å². The van der Waals surface area contributed by atoms with Crippen molar-refractivity contribution in [1.29, 1.82) is 0 Å². The highest BCUT2D eigenvalue weighted by Crippen LogP contribution is 2.34. The number of furan rings is 1. The molecule has 0 aliphatic heterocycles. The van der Waals surface area contributed by atoms with Crippen LogP contribution in [0.1, 0.15) is 30.2 Å². The van der Waals surface area contributed by atoms with Gasteiger partial charge in [0.05, 0.1) is 18.0 Å². The molecule has 0 saturated carbocycles. The maximum atomic E-state index is 13.7. The molecule has 0 spiro atoms. The summed E-state index contributed by atoms with van der Waals surface area (Å²) in [4.78, 5) is 0. The predicted octanol–water partition coefficient (Wildman–Crippen LogP) is 4.56. The van der Waals surface area contributed by atoms with Gasteiger partial charge in [0.1, 0.15) is 11.6 Å². The molecule has 94 valence electrons. The Hall–Kier alpha value is -1.48. The number of halogens is 2. The van der Waals surface area contributed by atoms with Crippen LogP contribution < -0.4 is 5.32 Å². The lowest BCUT2D eigenvalue weighted by atomic mass is 9.93. The van der Waals surface area contributed by atoms with Crippen molar-refractivity contribution in [2.24, 2.45) is 0 Å². The van der Waals surface area contributed by atoms with Crippen LogP contribution in [0, 0.1) is 5.82 Å². The minimum atomic E-state index is -0.282. The molecule has 0 fully saturated rings. The van der Waals surface area contributed by atoms with Gasteiger partial charge >= 0.3 is 0 Å². The van der Waals surface area contributed by atoms with Gasteiger partial charge in [0, 0.05) is 17.0 Å². The third-order valence-corrected chi connectivity index (χ3v) is 3.55. The van der Waals surface area contributed by atoms with E-state index in [0.717, 1.165) is 30.6 Å². The van der Waals surface area contributed by atoms with Gasteiger partial charge in [-0.1, -0.05) is 11.6 Å². The summed E-state index contributed by atoms with van der Waals surface area (Å²) in [5, 5.41) is 3.74. The minimum absolute atomic E-state index is 0.0977. The van der Waals surface area contributed by atoms with E-state index >= 15 is 0 Å². The Labute approximate surface area is 110 Å². The number of rotatable bonds is 2. The Morgan fingerprint density at radius 1 is 1.33 bits per heavy atom. The van der Waals surface area contributed by atoms with Gasteiger partial charge < -0.3 is 9.73 Å². The fraction of sp³-hybridized carbons (Fsp3) is 0.286. The molecule has 1 atom stereocenters. The van der Waals surface area contributed by atoms with Crippen LogP contribution in [0.4, 0.5) is 10.1 Å². The van der Waals surface area contributed by atoms with E-state index in [1.165, 1.54) is 6.07 Å². The first-order valence-electron chi connectivity index (χ1n) is 6.02. The maximum Gasteiger partial charge on any atom is 0.146 e. The number of nitrogens with one attached hydrogen (secondary N) is 1. The summed E-state index contributed by atoms with van der Waals surface area (Å²) in [5.41, 5.74) is 1.57.